The minimum absolute atomic E-state index is 0.190. The Morgan fingerprint density at radius 2 is 1.83 bits per heavy atom. The first-order valence-electron chi connectivity index (χ1n) is 10.1. The number of ether oxygens (including phenoxy) is 3. The molecule has 158 valence electrons. The van der Waals surface area contributed by atoms with Gasteiger partial charge in [-0.25, -0.2) is 4.79 Å². The van der Waals surface area contributed by atoms with Gasteiger partial charge < -0.3 is 19.1 Å². The molecule has 1 amide bonds. The number of nitrogens with zero attached hydrogens (tertiary/aromatic N) is 1. The standard InChI is InChI=1S/C24H27NO5/c1-3-29-22-7-5-4-6-19(22)10-15-24(27)30-17-23(26)25(20-11-12-20)16-18-8-13-21(28-2)14-9-18/h4-10,13-15,20H,3,11-12,16-17H2,1-2H3/b15-10+. The minimum Gasteiger partial charge on any atom is -0.497 e. The Labute approximate surface area is 177 Å². The Morgan fingerprint density at radius 1 is 1.10 bits per heavy atom. The number of carbonyl (C=O) groups excluding carboxylic acids is 2. The van der Waals surface area contributed by atoms with Gasteiger partial charge in [-0.3, -0.25) is 4.79 Å². The molecule has 0 spiro atoms. The van der Waals surface area contributed by atoms with Crippen molar-refractivity contribution in [2.75, 3.05) is 20.3 Å². The fourth-order valence-corrected chi connectivity index (χ4v) is 3.06. The van der Waals surface area contributed by atoms with Crippen molar-refractivity contribution in [1.82, 2.24) is 4.90 Å². The van der Waals surface area contributed by atoms with E-state index in [4.69, 9.17) is 14.2 Å². The van der Waals surface area contributed by atoms with Crippen LogP contribution in [0.15, 0.2) is 54.6 Å². The number of para-hydroxylation sites is 1. The van der Waals surface area contributed by atoms with E-state index >= 15 is 0 Å². The summed E-state index contributed by atoms with van der Waals surface area (Å²) in [6.45, 7) is 2.65. The quantitative estimate of drug-likeness (QED) is 0.441. The first-order chi connectivity index (χ1) is 14.6. The maximum Gasteiger partial charge on any atom is 0.331 e. The molecule has 0 atom stereocenters. The molecule has 0 bridgehead atoms. The molecule has 1 saturated carbocycles. The highest BCUT2D eigenvalue weighted by molar-refractivity contribution is 5.89. The summed E-state index contributed by atoms with van der Waals surface area (Å²) in [6.07, 6.45) is 4.90. The largest absolute Gasteiger partial charge is 0.497 e. The lowest BCUT2D eigenvalue weighted by molar-refractivity contribution is -0.148. The van der Waals surface area contributed by atoms with E-state index in [1.54, 1.807) is 18.1 Å². The van der Waals surface area contributed by atoms with Gasteiger partial charge in [0, 0.05) is 24.2 Å². The van der Waals surface area contributed by atoms with Gasteiger partial charge in [-0.2, -0.15) is 0 Å². The predicted molar refractivity (Wildman–Crippen MR) is 114 cm³/mol. The Hall–Kier alpha value is -3.28. The van der Waals surface area contributed by atoms with Crippen LogP contribution in [0.4, 0.5) is 0 Å². The Kier molecular flexibility index (Phi) is 7.49. The second kappa shape index (κ2) is 10.5. The second-order valence-electron chi connectivity index (χ2n) is 7.01. The highest BCUT2D eigenvalue weighted by Gasteiger charge is 2.32. The zero-order valence-corrected chi connectivity index (χ0v) is 17.4. The highest BCUT2D eigenvalue weighted by Crippen LogP contribution is 2.29. The fraction of sp³-hybridized carbons (Fsp3) is 0.333. The number of carbonyl (C=O) groups is 2. The summed E-state index contributed by atoms with van der Waals surface area (Å²) in [5, 5.41) is 0. The van der Waals surface area contributed by atoms with Crippen LogP contribution in [0.3, 0.4) is 0 Å². The summed E-state index contributed by atoms with van der Waals surface area (Å²) in [6, 6.07) is 15.3. The van der Waals surface area contributed by atoms with Crippen LogP contribution < -0.4 is 9.47 Å². The average Bonchev–Trinajstić information content (AvgIpc) is 3.61. The third-order valence-corrected chi connectivity index (χ3v) is 4.78. The Morgan fingerprint density at radius 3 is 2.50 bits per heavy atom. The van der Waals surface area contributed by atoms with Gasteiger partial charge in [0.2, 0.25) is 0 Å². The third-order valence-electron chi connectivity index (χ3n) is 4.78. The smallest absolute Gasteiger partial charge is 0.331 e. The van der Waals surface area contributed by atoms with E-state index in [1.807, 2.05) is 55.5 Å². The number of amides is 1. The molecular formula is C24H27NO5. The molecule has 3 rings (SSSR count). The molecule has 6 nitrogen and oxygen atoms in total. The minimum atomic E-state index is -0.560. The normalized spacial score (nSPS) is 13.1. The van der Waals surface area contributed by atoms with E-state index in [2.05, 4.69) is 0 Å². The van der Waals surface area contributed by atoms with Gasteiger partial charge in [-0.05, 0) is 49.6 Å². The van der Waals surface area contributed by atoms with Crippen LogP contribution in [0.5, 0.6) is 11.5 Å². The van der Waals surface area contributed by atoms with Crippen LogP contribution in [0.2, 0.25) is 0 Å². The SMILES string of the molecule is CCOc1ccccc1/C=C/C(=O)OCC(=O)N(Cc1ccc(OC)cc1)C1CC1. The summed E-state index contributed by atoms with van der Waals surface area (Å²) in [5.74, 6) is 0.717. The molecule has 0 heterocycles. The summed E-state index contributed by atoms with van der Waals surface area (Å²) in [7, 11) is 1.62. The molecule has 30 heavy (non-hydrogen) atoms. The first-order valence-corrected chi connectivity index (χ1v) is 10.1. The second-order valence-corrected chi connectivity index (χ2v) is 7.01. The fourth-order valence-electron chi connectivity index (χ4n) is 3.06. The van der Waals surface area contributed by atoms with E-state index in [-0.39, 0.29) is 18.6 Å². The lowest BCUT2D eigenvalue weighted by atomic mass is 10.2. The lowest BCUT2D eigenvalue weighted by Gasteiger charge is -2.22. The van der Waals surface area contributed by atoms with Crippen LogP contribution in [0.25, 0.3) is 6.08 Å². The van der Waals surface area contributed by atoms with Crippen molar-refractivity contribution in [2.24, 2.45) is 0 Å². The van der Waals surface area contributed by atoms with Gasteiger partial charge in [0.15, 0.2) is 6.61 Å². The number of rotatable bonds is 10. The third kappa shape index (κ3) is 6.11. The zero-order chi connectivity index (χ0) is 21.3. The van der Waals surface area contributed by atoms with Gasteiger partial charge in [0.05, 0.1) is 13.7 Å². The maximum absolute atomic E-state index is 12.7. The molecule has 0 saturated heterocycles. The number of hydrogen-bond acceptors (Lipinski definition) is 5. The number of esters is 1. The molecule has 1 aliphatic rings. The van der Waals surface area contributed by atoms with Crippen LogP contribution in [-0.4, -0.2) is 43.1 Å². The topological polar surface area (TPSA) is 65.1 Å². The van der Waals surface area contributed by atoms with Gasteiger partial charge >= 0.3 is 5.97 Å². The highest BCUT2D eigenvalue weighted by atomic mass is 16.5. The van der Waals surface area contributed by atoms with E-state index in [9.17, 15) is 9.59 Å². The molecular weight excluding hydrogens is 382 g/mol. The molecule has 2 aromatic carbocycles. The summed E-state index contributed by atoms with van der Waals surface area (Å²) in [4.78, 5) is 26.5. The molecule has 0 radical (unpaired) electrons. The van der Waals surface area contributed by atoms with Gasteiger partial charge in [-0.15, -0.1) is 0 Å². The number of methoxy groups -OCH3 is 1. The van der Waals surface area contributed by atoms with Crippen LogP contribution in [0.1, 0.15) is 30.9 Å². The van der Waals surface area contributed by atoms with Crippen LogP contribution in [-0.2, 0) is 20.9 Å². The van der Waals surface area contributed by atoms with Crippen LogP contribution in [0, 0.1) is 0 Å². The molecule has 1 aliphatic carbocycles. The average molecular weight is 409 g/mol. The summed E-state index contributed by atoms with van der Waals surface area (Å²) in [5.41, 5.74) is 1.79. The molecule has 0 unspecified atom stereocenters. The van der Waals surface area contributed by atoms with Crippen molar-refractivity contribution in [3.63, 3.8) is 0 Å². The Balaban J connectivity index is 1.54. The molecule has 0 aromatic heterocycles. The van der Waals surface area contributed by atoms with Gasteiger partial charge in [0.1, 0.15) is 11.5 Å². The number of benzene rings is 2. The van der Waals surface area contributed by atoms with Gasteiger partial charge in [-0.1, -0.05) is 30.3 Å². The monoisotopic (exact) mass is 409 g/mol. The summed E-state index contributed by atoms with van der Waals surface area (Å²) >= 11 is 0. The van der Waals surface area contributed by atoms with Crippen molar-refractivity contribution in [1.29, 1.82) is 0 Å². The molecule has 2 aromatic rings. The van der Waals surface area contributed by atoms with Crippen molar-refractivity contribution in [2.45, 2.75) is 32.4 Å². The molecule has 0 aliphatic heterocycles. The van der Waals surface area contributed by atoms with E-state index < -0.39 is 5.97 Å². The zero-order valence-electron chi connectivity index (χ0n) is 17.4. The van der Waals surface area contributed by atoms with Crippen molar-refractivity contribution >= 4 is 18.0 Å². The molecule has 0 N–H and O–H groups in total. The molecule has 6 heteroatoms. The predicted octanol–water partition coefficient (Wildman–Crippen LogP) is 3.84. The van der Waals surface area contributed by atoms with Crippen LogP contribution >= 0.6 is 0 Å². The van der Waals surface area contributed by atoms with Crippen molar-refractivity contribution < 1.29 is 23.8 Å². The molecule has 1 fully saturated rings. The van der Waals surface area contributed by atoms with E-state index in [0.29, 0.717) is 18.9 Å². The maximum atomic E-state index is 12.7. The lowest BCUT2D eigenvalue weighted by Crippen LogP contribution is -2.35. The van der Waals surface area contributed by atoms with Gasteiger partial charge in [0.25, 0.3) is 5.91 Å². The number of hydrogen-bond donors (Lipinski definition) is 0. The summed E-state index contributed by atoms with van der Waals surface area (Å²) < 4.78 is 15.9. The van der Waals surface area contributed by atoms with Crippen molar-refractivity contribution in [3.05, 3.63) is 65.7 Å². The van der Waals surface area contributed by atoms with E-state index in [0.717, 1.165) is 29.7 Å². The van der Waals surface area contributed by atoms with Crippen molar-refractivity contribution in [3.8, 4) is 11.5 Å². The Bertz CT molecular complexity index is 887. The first kappa shape index (κ1) is 21.4. The van der Waals surface area contributed by atoms with E-state index in [1.165, 1.54) is 6.08 Å².